The van der Waals surface area contributed by atoms with Gasteiger partial charge in [-0.15, -0.1) is 0 Å². The van der Waals surface area contributed by atoms with Crippen molar-refractivity contribution in [1.29, 1.82) is 0 Å². The minimum absolute atomic E-state index is 0.132. The number of allylic oxidation sites excluding steroid dienone is 2. The van der Waals surface area contributed by atoms with Gasteiger partial charge in [0.15, 0.2) is 5.78 Å². The van der Waals surface area contributed by atoms with Gasteiger partial charge in [0.25, 0.3) is 0 Å². The molecule has 39 heavy (non-hydrogen) atoms. The second-order valence-electron chi connectivity index (χ2n) is 9.36. The molecule has 0 fully saturated rings. The molecule has 0 aliphatic carbocycles. The normalized spacial score (nSPS) is 12.7. The number of pyridine rings is 1. The number of aromatic nitrogens is 2. The van der Waals surface area contributed by atoms with Gasteiger partial charge in [-0.3, -0.25) is 9.78 Å². The van der Waals surface area contributed by atoms with E-state index in [2.05, 4.69) is 4.98 Å². The number of fused-ring (bicyclic) bond motifs is 1. The highest BCUT2D eigenvalue weighted by Gasteiger charge is 2.24. The minimum atomic E-state index is -1.20. The number of benzene rings is 3. The zero-order chi connectivity index (χ0) is 27.7. The Hall–Kier alpha value is -5.04. The number of nitrogens with zero attached hydrogens (tertiary/aromatic N) is 2. The minimum Gasteiger partial charge on any atom is -0.478 e. The first kappa shape index (κ1) is 25.6. The van der Waals surface area contributed by atoms with Gasteiger partial charge in [0.2, 0.25) is 0 Å². The number of halogens is 1. The summed E-state index contributed by atoms with van der Waals surface area (Å²) in [6.45, 7) is 3.16. The van der Waals surface area contributed by atoms with Crippen LogP contribution in [0.4, 0.5) is 4.39 Å². The molecule has 2 aromatic heterocycles. The lowest BCUT2D eigenvalue weighted by atomic mass is 9.97. The van der Waals surface area contributed by atoms with E-state index in [1.807, 2.05) is 71.4 Å². The van der Waals surface area contributed by atoms with Crippen molar-refractivity contribution in [2.75, 3.05) is 0 Å². The summed E-state index contributed by atoms with van der Waals surface area (Å²) >= 11 is 0. The van der Waals surface area contributed by atoms with Gasteiger partial charge in [0.05, 0.1) is 16.8 Å². The quantitative estimate of drug-likeness (QED) is 0.241. The van der Waals surface area contributed by atoms with Crippen LogP contribution in [0.15, 0.2) is 103 Å². The van der Waals surface area contributed by atoms with Gasteiger partial charge in [0, 0.05) is 40.2 Å². The molecule has 0 saturated heterocycles. The molecule has 1 unspecified atom stereocenters. The molecule has 0 saturated carbocycles. The molecule has 6 nitrogen and oxygen atoms in total. The predicted octanol–water partition coefficient (Wildman–Crippen LogP) is 6.46. The van der Waals surface area contributed by atoms with Crippen molar-refractivity contribution in [2.24, 2.45) is 5.73 Å². The fraction of sp³-hybridized carbons (Fsp3) is 0.0938. The van der Waals surface area contributed by atoms with E-state index in [-0.39, 0.29) is 23.0 Å². The summed E-state index contributed by atoms with van der Waals surface area (Å²) in [6, 6.07) is 24.6. The van der Waals surface area contributed by atoms with E-state index in [1.54, 1.807) is 19.2 Å². The number of hydrogen-bond acceptors (Lipinski definition) is 4. The molecule has 0 aliphatic rings. The van der Waals surface area contributed by atoms with Gasteiger partial charge >= 0.3 is 5.97 Å². The van der Waals surface area contributed by atoms with E-state index in [0.29, 0.717) is 22.4 Å². The zero-order valence-electron chi connectivity index (χ0n) is 21.4. The Kier molecular flexibility index (Phi) is 6.81. The van der Waals surface area contributed by atoms with Crippen LogP contribution in [-0.4, -0.2) is 26.4 Å². The number of nitrogens with two attached hydrogens (primary N) is 1. The Morgan fingerprint density at radius 3 is 2.23 bits per heavy atom. The third-order valence-electron chi connectivity index (χ3n) is 6.74. The molecule has 5 aromatic rings. The Bertz CT molecular complexity index is 1700. The highest BCUT2D eigenvalue weighted by molar-refractivity contribution is 6.21. The summed E-state index contributed by atoms with van der Waals surface area (Å²) < 4.78 is 17.4. The predicted molar refractivity (Wildman–Crippen MR) is 150 cm³/mol. The van der Waals surface area contributed by atoms with Crippen LogP contribution in [0.5, 0.6) is 0 Å². The molecule has 5 rings (SSSR count). The van der Waals surface area contributed by atoms with Gasteiger partial charge in [-0.1, -0.05) is 54.6 Å². The van der Waals surface area contributed by atoms with Crippen molar-refractivity contribution in [3.8, 4) is 11.1 Å². The molecule has 3 aromatic carbocycles. The standard InChI is InChI=1S/C32H26FN3O3/c1-19(34)30(20(2)37)22-11-14-25-26(24-13-12-23(32(38)39)16-27(24)33)18-36(29(25)17-22)31(21-8-4-3-5-9-21)28-10-6-7-15-35-28/h3-18,31H,34H2,1-2H3,(H,38,39)/b30-19+. The molecular weight excluding hydrogens is 493 g/mol. The number of aromatic carboxylic acids is 1. The van der Waals surface area contributed by atoms with E-state index in [1.165, 1.54) is 19.1 Å². The van der Waals surface area contributed by atoms with Crippen LogP contribution < -0.4 is 5.73 Å². The van der Waals surface area contributed by atoms with Crippen molar-refractivity contribution in [3.63, 3.8) is 0 Å². The molecule has 0 aliphatic heterocycles. The average molecular weight is 520 g/mol. The average Bonchev–Trinajstić information content (AvgIpc) is 3.28. The molecule has 2 heterocycles. The Balaban J connectivity index is 1.85. The lowest BCUT2D eigenvalue weighted by Gasteiger charge is -2.21. The first-order valence-electron chi connectivity index (χ1n) is 12.4. The summed E-state index contributed by atoms with van der Waals surface area (Å²) in [7, 11) is 0. The number of carbonyl (C=O) groups excluding carboxylic acids is 1. The van der Waals surface area contributed by atoms with Gasteiger partial charge in [-0.2, -0.15) is 0 Å². The Morgan fingerprint density at radius 1 is 0.897 bits per heavy atom. The lowest BCUT2D eigenvalue weighted by Crippen LogP contribution is -2.13. The van der Waals surface area contributed by atoms with Crippen molar-refractivity contribution in [3.05, 3.63) is 131 Å². The first-order valence-corrected chi connectivity index (χ1v) is 12.4. The molecule has 194 valence electrons. The van der Waals surface area contributed by atoms with Gasteiger partial charge in [-0.05, 0) is 55.3 Å². The highest BCUT2D eigenvalue weighted by Crippen LogP contribution is 2.39. The van der Waals surface area contributed by atoms with Gasteiger partial charge in [0.1, 0.15) is 11.9 Å². The fourth-order valence-corrected chi connectivity index (χ4v) is 5.06. The molecule has 0 spiro atoms. The number of carboxylic acids is 1. The van der Waals surface area contributed by atoms with E-state index in [4.69, 9.17) is 5.73 Å². The smallest absolute Gasteiger partial charge is 0.335 e. The van der Waals surface area contributed by atoms with Crippen molar-refractivity contribution >= 4 is 28.2 Å². The van der Waals surface area contributed by atoms with E-state index >= 15 is 4.39 Å². The third kappa shape index (κ3) is 4.82. The molecule has 0 radical (unpaired) electrons. The number of rotatable bonds is 7. The Labute approximate surface area is 224 Å². The van der Waals surface area contributed by atoms with E-state index in [9.17, 15) is 14.7 Å². The molecule has 0 bridgehead atoms. The van der Waals surface area contributed by atoms with Crippen LogP contribution >= 0.6 is 0 Å². The number of ketones is 1. The topological polar surface area (TPSA) is 98.2 Å². The van der Waals surface area contributed by atoms with Gasteiger partial charge in [-0.25, -0.2) is 9.18 Å². The molecule has 0 amide bonds. The monoisotopic (exact) mass is 519 g/mol. The third-order valence-corrected chi connectivity index (χ3v) is 6.74. The number of carboxylic acid groups (broad SMARTS) is 1. The maximum atomic E-state index is 15.3. The number of carbonyl (C=O) groups is 2. The molecule has 3 N–H and O–H groups in total. The summed E-state index contributed by atoms with van der Waals surface area (Å²) in [5.41, 5.74) is 10.8. The summed E-state index contributed by atoms with van der Waals surface area (Å²) in [5.74, 6) is -2.01. The van der Waals surface area contributed by atoms with Crippen LogP contribution in [0.25, 0.3) is 27.6 Å². The van der Waals surface area contributed by atoms with Crippen LogP contribution in [0.3, 0.4) is 0 Å². The molecule has 7 heteroatoms. The maximum absolute atomic E-state index is 15.3. The van der Waals surface area contributed by atoms with Gasteiger partial charge < -0.3 is 15.4 Å². The largest absolute Gasteiger partial charge is 0.478 e. The molecule has 1 atom stereocenters. The zero-order valence-corrected chi connectivity index (χ0v) is 21.4. The van der Waals surface area contributed by atoms with Crippen LogP contribution in [-0.2, 0) is 4.79 Å². The van der Waals surface area contributed by atoms with Crippen molar-refractivity contribution < 1.29 is 19.1 Å². The second-order valence-corrected chi connectivity index (χ2v) is 9.36. The van der Waals surface area contributed by atoms with Crippen molar-refractivity contribution in [1.82, 2.24) is 9.55 Å². The van der Waals surface area contributed by atoms with E-state index < -0.39 is 11.8 Å². The summed E-state index contributed by atoms with van der Waals surface area (Å²) in [4.78, 5) is 28.5. The van der Waals surface area contributed by atoms with Crippen LogP contribution in [0, 0.1) is 5.82 Å². The van der Waals surface area contributed by atoms with Crippen molar-refractivity contribution in [2.45, 2.75) is 19.9 Å². The van der Waals surface area contributed by atoms with E-state index in [0.717, 1.165) is 28.2 Å². The second kappa shape index (κ2) is 10.4. The highest BCUT2D eigenvalue weighted by atomic mass is 19.1. The lowest BCUT2D eigenvalue weighted by molar-refractivity contribution is -0.111. The Morgan fingerprint density at radius 2 is 1.62 bits per heavy atom. The maximum Gasteiger partial charge on any atom is 0.335 e. The first-order chi connectivity index (χ1) is 18.8. The summed E-state index contributed by atoms with van der Waals surface area (Å²) in [5, 5.41) is 10.1. The SMILES string of the molecule is CC(=O)/C(=C(/C)N)c1ccc2c(-c3ccc(C(=O)O)cc3F)cn(C(c3ccccc3)c3ccccn3)c2c1. The number of Topliss-reactive ketones (excluding diaryl/α,β-unsaturated/α-hetero) is 1. The summed E-state index contributed by atoms with van der Waals surface area (Å²) in [6.07, 6.45) is 3.58. The number of hydrogen-bond donors (Lipinski definition) is 2. The van der Waals surface area contributed by atoms with Crippen LogP contribution in [0.1, 0.15) is 47.1 Å². The van der Waals surface area contributed by atoms with Crippen LogP contribution in [0.2, 0.25) is 0 Å². The molecular formula is C32H26FN3O3. The fourth-order valence-electron chi connectivity index (χ4n) is 5.06.